The molecule has 53 heavy (non-hydrogen) atoms. The molecule has 1 aromatic heterocycles. The zero-order valence-corrected chi connectivity index (χ0v) is 33.9. The van der Waals surface area contributed by atoms with Gasteiger partial charge >= 0.3 is 0 Å². The second-order valence-corrected chi connectivity index (χ2v) is 18.7. The maximum Gasteiger partial charge on any atom is 0.264 e. The van der Waals surface area contributed by atoms with Gasteiger partial charge in [0.2, 0.25) is 0 Å². The van der Waals surface area contributed by atoms with E-state index in [1.165, 1.54) is 93.2 Å². The number of nitrogens with zero attached hydrogens (tertiary/aromatic N) is 2. The molecule has 0 radical (unpaired) electrons. The van der Waals surface area contributed by atoms with Crippen molar-refractivity contribution in [2.45, 2.75) is 87.0 Å². The molecule has 5 aromatic carbocycles. The number of benzene rings is 5. The van der Waals surface area contributed by atoms with E-state index >= 15 is 0 Å². The van der Waals surface area contributed by atoms with Gasteiger partial charge in [0.05, 0.1) is 17.1 Å². The number of anilines is 6. The predicted octanol–water partition coefficient (Wildman–Crippen LogP) is 10.9. The normalized spacial score (nSPS) is 14.7. The van der Waals surface area contributed by atoms with Gasteiger partial charge in [0.1, 0.15) is 13.2 Å². The molecule has 0 aliphatic carbocycles. The molecule has 0 fully saturated rings. The Bertz CT molecular complexity index is 2470. The van der Waals surface area contributed by atoms with Crippen LogP contribution in [0.5, 0.6) is 11.5 Å². The summed E-state index contributed by atoms with van der Waals surface area (Å²) in [5, 5.41) is 1.30. The third kappa shape index (κ3) is 5.16. The fourth-order valence-corrected chi connectivity index (χ4v) is 10.4. The van der Waals surface area contributed by atoms with Gasteiger partial charge in [-0.1, -0.05) is 84.0 Å². The molecule has 6 heteroatoms. The van der Waals surface area contributed by atoms with Gasteiger partial charge in [-0.25, -0.2) is 0 Å². The number of aryl methyl sites for hydroxylation is 5. The molecular weight excluding hydrogens is 667 g/mol. The van der Waals surface area contributed by atoms with Crippen LogP contribution in [0, 0.1) is 34.6 Å². The summed E-state index contributed by atoms with van der Waals surface area (Å²) in [6.07, 6.45) is 0. The summed E-state index contributed by atoms with van der Waals surface area (Å²) in [5.41, 5.74) is 19.2. The van der Waals surface area contributed by atoms with E-state index in [-0.39, 0.29) is 17.5 Å². The molecule has 0 saturated heterocycles. The summed E-state index contributed by atoms with van der Waals surface area (Å²) >= 11 is 1.94. The lowest BCUT2D eigenvalue weighted by Gasteiger charge is -2.45. The van der Waals surface area contributed by atoms with Crippen molar-refractivity contribution in [3.63, 3.8) is 0 Å². The fourth-order valence-electron chi connectivity index (χ4n) is 9.06. The SMILES string of the molecule is Cc1cc2c3c(c1)N(c1c(C)cc(C(C)(C)C)cc1C)c1c(sc4ccccc14)B3c1cc3c(cc1N2c1c(C)cc(C(C)(C)C)cc1C)OCCO3. The van der Waals surface area contributed by atoms with Crippen molar-refractivity contribution in [1.29, 1.82) is 0 Å². The van der Waals surface area contributed by atoms with Crippen LogP contribution >= 0.6 is 11.3 Å². The monoisotopic (exact) mass is 716 g/mol. The average Bonchev–Trinajstić information content (AvgIpc) is 3.47. The van der Waals surface area contributed by atoms with Gasteiger partial charge in [0.25, 0.3) is 6.71 Å². The van der Waals surface area contributed by atoms with Crippen molar-refractivity contribution in [3.8, 4) is 11.5 Å². The molecule has 0 spiro atoms. The molecule has 0 bridgehead atoms. The van der Waals surface area contributed by atoms with Crippen LogP contribution in [0.15, 0.2) is 72.8 Å². The maximum absolute atomic E-state index is 6.34. The van der Waals surface area contributed by atoms with E-state index in [0.29, 0.717) is 13.2 Å². The van der Waals surface area contributed by atoms with Crippen molar-refractivity contribution in [2.24, 2.45) is 0 Å². The van der Waals surface area contributed by atoms with Crippen LogP contribution in [0.2, 0.25) is 0 Å². The number of hydrogen-bond acceptors (Lipinski definition) is 5. The van der Waals surface area contributed by atoms with Gasteiger partial charge < -0.3 is 19.3 Å². The highest BCUT2D eigenvalue weighted by molar-refractivity contribution is 7.33. The van der Waals surface area contributed by atoms with E-state index < -0.39 is 0 Å². The molecule has 4 heterocycles. The Balaban J connectivity index is 1.41. The van der Waals surface area contributed by atoms with Crippen LogP contribution in [0.1, 0.15) is 80.5 Å². The van der Waals surface area contributed by atoms with Gasteiger partial charge in [-0.2, -0.15) is 0 Å². The lowest BCUT2D eigenvalue weighted by molar-refractivity contribution is 0.172. The molecule has 0 unspecified atom stereocenters. The maximum atomic E-state index is 6.34. The molecular formula is C47H49BN2O2S. The average molecular weight is 717 g/mol. The van der Waals surface area contributed by atoms with Gasteiger partial charge in [-0.15, -0.1) is 11.3 Å². The highest BCUT2D eigenvalue weighted by Crippen LogP contribution is 2.52. The minimum atomic E-state index is 0.0234. The van der Waals surface area contributed by atoms with Gasteiger partial charge in [0, 0.05) is 38.0 Å². The Labute approximate surface area is 319 Å². The van der Waals surface area contributed by atoms with E-state index in [0.717, 1.165) is 17.2 Å². The summed E-state index contributed by atoms with van der Waals surface area (Å²) in [5.74, 6) is 1.65. The summed E-state index contributed by atoms with van der Waals surface area (Å²) < 4.78 is 15.3. The Kier molecular flexibility index (Phi) is 7.51. The van der Waals surface area contributed by atoms with E-state index in [1.807, 2.05) is 11.3 Å². The minimum Gasteiger partial charge on any atom is -0.486 e. The number of fused-ring (bicyclic) bond motifs is 7. The second kappa shape index (κ2) is 11.7. The number of thiophene rings is 1. The first-order valence-electron chi connectivity index (χ1n) is 19.0. The van der Waals surface area contributed by atoms with Crippen molar-refractivity contribution in [3.05, 3.63) is 112 Å². The Morgan fingerprint density at radius 2 is 1.09 bits per heavy atom. The molecule has 0 N–H and O–H groups in total. The van der Waals surface area contributed by atoms with Crippen molar-refractivity contribution in [1.82, 2.24) is 0 Å². The Morgan fingerprint density at radius 3 is 1.66 bits per heavy atom. The van der Waals surface area contributed by atoms with Crippen LogP contribution in [-0.2, 0) is 10.8 Å². The highest BCUT2D eigenvalue weighted by Gasteiger charge is 2.47. The standard InChI is InChI=1S/C47H49BN2O2S/c1-26-18-36-41-37(19-26)50(43-29(4)22-32(23-30(43)5)47(9,10)11)44-33-14-12-13-15-40(33)53-45(44)48(41)34-24-38-39(52-17-16-51-38)25-35(34)49(36)42-27(2)20-31(21-28(42)3)46(6,7)8/h12-15,18-25H,16-17H2,1-11H3. The summed E-state index contributed by atoms with van der Waals surface area (Å²) in [4.78, 5) is 5.17. The summed E-state index contributed by atoms with van der Waals surface area (Å²) in [6.45, 7) is 26.4. The van der Waals surface area contributed by atoms with Crippen molar-refractivity contribution < 1.29 is 9.47 Å². The van der Waals surface area contributed by atoms with E-state index in [9.17, 15) is 0 Å². The van der Waals surface area contributed by atoms with E-state index in [2.05, 4.69) is 159 Å². The Morgan fingerprint density at radius 1 is 0.585 bits per heavy atom. The molecule has 4 nitrogen and oxygen atoms in total. The molecule has 268 valence electrons. The van der Waals surface area contributed by atoms with Crippen LogP contribution in [0.25, 0.3) is 10.1 Å². The highest BCUT2D eigenvalue weighted by atomic mass is 32.1. The first-order valence-corrected chi connectivity index (χ1v) is 19.9. The van der Waals surface area contributed by atoms with E-state index in [4.69, 9.17) is 9.47 Å². The van der Waals surface area contributed by atoms with Crippen LogP contribution in [0.3, 0.4) is 0 Å². The van der Waals surface area contributed by atoms with Crippen molar-refractivity contribution in [2.75, 3.05) is 23.0 Å². The summed E-state index contributed by atoms with van der Waals surface area (Å²) in [6, 6.07) is 28.0. The summed E-state index contributed by atoms with van der Waals surface area (Å²) in [7, 11) is 0. The van der Waals surface area contributed by atoms with Crippen LogP contribution in [0.4, 0.5) is 34.1 Å². The first-order chi connectivity index (χ1) is 25.1. The van der Waals surface area contributed by atoms with Gasteiger partial charge in [-0.05, 0) is 120 Å². The molecule has 6 aromatic rings. The molecule has 0 amide bonds. The zero-order chi connectivity index (χ0) is 37.3. The number of hydrogen-bond donors (Lipinski definition) is 0. The third-order valence-electron chi connectivity index (χ3n) is 11.5. The molecule has 0 saturated carbocycles. The number of ether oxygens (including phenoxy) is 2. The number of rotatable bonds is 2. The van der Waals surface area contributed by atoms with E-state index in [1.54, 1.807) is 0 Å². The zero-order valence-electron chi connectivity index (χ0n) is 33.0. The Hall–Kier alpha value is -4.68. The van der Waals surface area contributed by atoms with Gasteiger partial charge in [-0.3, -0.25) is 0 Å². The molecule has 9 rings (SSSR count). The topological polar surface area (TPSA) is 24.9 Å². The second-order valence-electron chi connectivity index (χ2n) is 17.6. The fraction of sp³-hybridized carbons (Fsp3) is 0.319. The van der Waals surface area contributed by atoms with Crippen molar-refractivity contribution >= 4 is 78.0 Å². The smallest absolute Gasteiger partial charge is 0.264 e. The molecule has 0 atom stereocenters. The minimum absolute atomic E-state index is 0.0234. The largest absolute Gasteiger partial charge is 0.486 e. The molecule has 3 aliphatic heterocycles. The van der Waals surface area contributed by atoms with Gasteiger partial charge in [0.15, 0.2) is 11.5 Å². The lowest BCUT2D eigenvalue weighted by atomic mass is 9.36. The molecule has 3 aliphatic rings. The predicted molar refractivity (Wildman–Crippen MR) is 228 cm³/mol. The first kappa shape index (κ1) is 34.1. The lowest BCUT2D eigenvalue weighted by Crippen LogP contribution is -2.60. The quantitative estimate of drug-likeness (QED) is 0.166. The third-order valence-corrected chi connectivity index (χ3v) is 12.8. The van der Waals surface area contributed by atoms with Crippen LogP contribution in [-0.4, -0.2) is 19.9 Å². The van der Waals surface area contributed by atoms with Crippen LogP contribution < -0.4 is 35.0 Å².